The normalized spacial score (nSPS) is 20.5. The summed E-state index contributed by atoms with van der Waals surface area (Å²) >= 11 is 0. The predicted octanol–water partition coefficient (Wildman–Crippen LogP) is 9.89. The molecule has 62 heavy (non-hydrogen) atoms. The second-order valence-electron chi connectivity index (χ2n) is 16.1. The van der Waals surface area contributed by atoms with Crippen LogP contribution in [0.2, 0.25) is 0 Å². The average molecular weight is 895 g/mol. The molecule has 4 N–H and O–H groups in total. The first kappa shape index (κ1) is 57.1. The Bertz CT molecular complexity index is 1420. The molecule has 0 amide bonds. The van der Waals surface area contributed by atoms with Crippen LogP contribution in [-0.2, 0) is 38.7 Å². The highest BCUT2D eigenvalue weighted by Crippen LogP contribution is 2.24. The molecule has 0 aromatic rings. The van der Waals surface area contributed by atoms with Crippen molar-refractivity contribution in [3.8, 4) is 0 Å². The fraction of sp³-hybridized carbons (Fsp3) is 0.714. The molecule has 1 fully saturated rings. The summed E-state index contributed by atoms with van der Waals surface area (Å²) in [6, 6.07) is 0. The number of rotatable bonds is 38. The van der Waals surface area contributed by atoms with E-state index in [1.165, 1.54) is 70.6 Å². The van der Waals surface area contributed by atoms with E-state index in [2.05, 4.69) is 50.3 Å². The van der Waals surface area contributed by atoms with Crippen molar-refractivity contribution >= 4 is 22.1 Å². The van der Waals surface area contributed by atoms with E-state index in [0.717, 1.165) is 57.8 Å². The number of aliphatic hydroxyl groups is 3. The Morgan fingerprint density at radius 3 is 1.63 bits per heavy atom. The van der Waals surface area contributed by atoms with Crippen LogP contribution < -0.4 is 0 Å². The van der Waals surface area contributed by atoms with Crippen molar-refractivity contribution in [1.29, 1.82) is 0 Å². The standard InChI is InChI=1S/C49H82O12S/c1-3-5-7-9-11-13-15-17-18-19-20-21-22-23-24-26-27-29-31-33-35-37-44(50)58-39-42(40-59-49-48(54)47(53)46(52)43(61-49)41-62(55,56)57)60-45(51)38-36-34-32-30-28-25-16-14-12-10-8-6-4-2/h5-8,10-14,16,25,28,42-43,46-49,52-54H,3-4,9,15,17-24,26-27,29-41H2,1-2H3,(H,55,56,57)/b7-5+,8-6+,12-10+,13-11+,16-14+,28-25+/t42?,43-,46-,47?,48?,49+/m1/s1. The van der Waals surface area contributed by atoms with E-state index >= 15 is 0 Å². The zero-order valence-electron chi connectivity index (χ0n) is 37.9. The highest BCUT2D eigenvalue weighted by Gasteiger charge is 2.46. The Kier molecular flexibility index (Phi) is 35.5. The number of unbranched alkanes of at least 4 members (excludes halogenated alkanes) is 17. The number of esters is 2. The van der Waals surface area contributed by atoms with Gasteiger partial charge in [0.2, 0.25) is 0 Å². The first-order chi connectivity index (χ1) is 30.0. The number of carbonyl (C=O) groups excluding carboxylic acids is 2. The van der Waals surface area contributed by atoms with Crippen LogP contribution in [-0.4, -0.2) is 96.0 Å². The Hall–Kier alpha value is -2.91. The van der Waals surface area contributed by atoms with Crippen molar-refractivity contribution in [2.24, 2.45) is 0 Å². The van der Waals surface area contributed by atoms with Gasteiger partial charge < -0.3 is 34.3 Å². The fourth-order valence-corrected chi connectivity index (χ4v) is 7.47. The third-order valence-electron chi connectivity index (χ3n) is 10.4. The van der Waals surface area contributed by atoms with E-state index in [-0.39, 0.29) is 19.4 Å². The molecule has 1 rings (SSSR count). The monoisotopic (exact) mass is 895 g/mol. The molecule has 0 aliphatic carbocycles. The second kappa shape index (κ2) is 38.5. The molecule has 0 spiro atoms. The fourth-order valence-electron chi connectivity index (χ4n) is 6.78. The Labute approximate surface area is 374 Å². The Morgan fingerprint density at radius 2 is 1.05 bits per heavy atom. The molecule has 0 bridgehead atoms. The molecule has 1 aliphatic heterocycles. The van der Waals surface area contributed by atoms with Crippen LogP contribution in [0.5, 0.6) is 0 Å². The number of allylic oxidation sites excluding steroid dienone is 12. The number of hydrogen-bond donors (Lipinski definition) is 4. The van der Waals surface area contributed by atoms with Crippen LogP contribution in [0.3, 0.4) is 0 Å². The Balaban J connectivity index is 2.39. The lowest BCUT2D eigenvalue weighted by molar-refractivity contribution is -0.297. The summed E-state index contributed by atoms with van der Waals surface area (Å²) in [7, 11) is -4.61. The largest absolute Gasteiger partial charge is 0.462 e. The maximum Gasteiger partial charge on any atom is 0.306 e. The minimum Gasteiger partial charge on any atom is -0.462 e. The molecular weight excluding hydrogens is 813 g/mol. The van der Waals surface area contributed by atoms with Gasteiger partial charge in [-0.2, -0.15) is 8.42 Å². The summed E-state index contributed by atoms with van der Waals surface area (Å²) in [4.78, 5) is 25.4. The minimum absolute atomic E-state index is 0.116. The first-order valence-corrected chi connectivity index (χ1v) is 25.2. The molecule has 0 aromatic heterocycles. The maximum absolute atomic E-state index is 12.8. The molecule has 356 valence electrons. The number of carbonyl (C=O) groups is 2. The van der Waals surface area contributed by atoms with Crippen LogP contribution in [0.25, 0.3) is 0 Å². The number of aliphatic hydroxyl groups excluding tert-OH is 3. The molecule has 12 nitrogen and oxygen atoms in total. The van der Waals surface area contributed by atoms with Crippen LogP contribution in [0, 0.1) is 0 Å². The van der Waals surface area contributed by atoms with Crippen molar-refractivity contribution in [1.82, 2.24) is 0 Å². The van der Waals surface area contributed by atoms with Crippen LogP contribution in [0.4, 0.5) is 0 Å². The van der Waals surface area contributed by atoms with Crippen molar-refractivity contribution in [3.05, 3.63) is 72.9 Å². The van der Waals surface area contributed by atoms with Crippen molar-refractivity contribution in [3.63, 3.8) is 0 Å². The topological polar surface area (TPSA) is 186 Å². The van der Waals surface area contributed by atoms with Gasteiger partial charge in [-0.25, -0.2) is 0 Å². The van der Waals surface area contributed by atoms with Gasteiger partial charge in [-0.05, 0) is 57.8 Å². The first-order valence-electron chi connectivity index (χ1n) is 23.5. The highest BCUT2D eigenvalue weighted by atomic mass is 32.2. The van der Waals surface area contributed by atoms with Crippen LogP contribution in [0.1, 0.15) is 168 Å². The van der Waals surface area contributed by atoms with E-state index in [0.29, 0.717) is 12.8 Å². The molecule has 0 radical (unpaired) electrons. The summed E-state index contributed by atoms with van der Waals surface area (Å²) in [5.41, 5.74) is 0. The van der Waals surface area contributed by atoms with Crippen LogP contribution in [0.15, 0.2) is 72.9 Å². The molecule has 0 aromatic carbocycles. The summed E-state index contributed by atoms with van der Waals surface area (Å²) in [5, 5.41) is 30.9. The lowest BCUT2D eigenvalue weighted by Crippen LogP contribution is -2.60. The molecule has 1 aliphatic rings. The van der Waals surface area contributed by atoms with E-state index in [1.807, 2.05) is 36.5 Å². The van der Waals surface area contributed by atoms with Gasteiger partial charge in [0.05, 0.1) is 6.61 Å². The number of ether oxygens (including phenoxy) is 4. The van der Waals surface area contributed by atoms with Crippen molar-refractivity contribution in [2.75, 3.05) is 19.0 Å². The van der Waals surface area contributed by atoms with E-state index < -0.39 is 71.2 Å². The zero-order valence-corrected chi connectivity index (χ0v) is 38.8. The molecule has 1 saturated heterocycles. The Morgan fingerprint density at radius 1 is 0.565 bits per heavy atom. The lowest BCUT2D eigenvalue weighted by atomic mass is 10.00. The third kappa shape index (κ3) is 32.7. The zero-order chi connectivity index (χ0) is 45.5. The summed E-state index contributed by atoms with van der Waals surface area (Å²) in [6.07, 6.45) is 39.6. The van der Waals surface area contributed by atoms with Crippen molar-refractivity contribution in [2.45, 2.75) is 205 Å². The quantitative estimate of drug-likeness (QED) is 0.0151. The van der Waals surface area contributed by atoms with E-state index in [1.54, 1.807) is 0 Å². The second-order valence-corrected chi connectivity index (χ2v) is 17.6. The van der Waals surface area contributed by atoms with E-state index in [9.17, 15) is 37.9 Å². The van der Waals surface area contributed by atoms with Gasteiger partial charge in [-0.3, -0.25) is 14.1 Å². The smallest absolute Gasteiger partial charge is 0.306 e. The minimum atomic E-state index is -4.61. The molecule has 6 atom stereocenters. The average Bonchev–Trinajstić information content (AvgIpc) is 3.24. The van der Waals surface area contributed by atoms with Gasteiger partial charge in [0, 0.05) is 12.8 Å². The molecular formula is C49H82O12S. The van der Waals surface area contributed by atoms with Gasteiger partial charge in [0.25, 0.3) is 10.1 Å². The summed E-state index contributed by atoms with van der Waals surface area (Å²) < 4.78 is 54.0. The van der Waals surface area contributed by atoms with Crippen molar-refractivity contribution < 1.29 is 56.8 Å². The highest BCUT2D eigenvalue weighted by molar-refractivity contribution is 7.85. The van der Waals surface area contributed by atoms with E-state index in [4.69, 9.17) is 18.9 Å². The summed E-state index contributed by atoms with van der Waals surface area (Å²) in [6.45, 7) is 3.48. The molecule has 13 heteroatoms. The summed E-state index contributed by atoms with van der Waals surface area (Å²) in [5.74, 6) is -2.04. The molecule has 1 heterocycles. The van der Waals surface area contributed by atoms with Gasteiger partial charge >= 0.3 is 11.9 Å². The SMILES string of the molecule is CC/C=C/C=C/C=C/C=C/CCCCCC(=O)OC(COC(=O)CCCCCCCCCCCCCCCC/C=C/C/C=C/CC)CO[C@H]1O[C@H](CS(=O)(=O)O)[C@@H](O)C(O)C1O. The maximum atomic E-state index is 12.8. The third-order valence-corrected chi connectivity index (χ3v) is 11.1. The lowest BCUT2D eigenvalue weighted by Gasteiger charge is -2.40. The predicted molar refractivity (Wildman–Crippen MR) is 247 cm³/mol. The number of hydrogen-bond acceptors (Lipinski definition) is 11. The van der Waals surface area contributed by atoms with Crippen LogP contribution >= 0.6 is 0 Å². The van der Waals surface area contributed by atoms with Gasteiger partial charge in [0.1, 0.15) is 36.8 Å². The van der Waals surface area contributed by atoms with Gasteiger partial charge in [0.15, 0.2) is 12.4 Å². The van der Waals surface area contributed by atoms with Gasteiger partial charge in [-0.1, -0.05) is 170 Å². The molecule has 0 saturated carbocycles. The van der Waals surface area contributed by atoms with Gasteiger partial charge in [-0.15, -0.1) is 0 Å². The molecule has 3 unspecified atom stereocenters.